The number of diazo groups is 1. The molecule has 8 heteroatoms. The SMILES string of the molecule is COCO[C@H]1CN(C(=O)OC(C)(C)C)CC[C@H]1/C(O)=C/[N+]#N. The van der Waals surface area contributed by atoms with Crippen LogP contribution < -0.4 is 0 Å². The lowest BCUT2D eigenvalue weighted by Crippen LogP contribution is -2.49. The Labute approximate surface area is 130 Å². The largest absolute Gasteiger partial charge is 0.505 e. The first kappa shape index (κ1) is 18.2. The van der Waals surface area contributed by atoms with E-state index < -0.39 is 17.8 Å². The van der Waals surface area contributed by atoms with Gasteiger partial charge in [-0.3, -0.25) is 0 Å². The summed E-state index contributed by atoms with van der Waals surface area (Å²) in [6.07, 6.45) is 0.536. The summed E-state index contributed by atoms with van der Waals surface area (Å²) in [5, 5.41) is 18.4. The molecule has 1 fully saturated rings. The molecule has 1 rings (SSSR count). The molecule has 0 bridgehead atoms. The van der Waals surface area contributed by atoms with Crippen molar-refractivity contribution < 1.29 is 24.1 Å². The van der Waals surface area contributed by atoms with Crippen LogP contribution in [0.2, 0.25) is 0 Å². The smallest absolute Gasteiger partial charge is 0.410 e. The Morgan fingerprint density at radius 3 is 2.73 bits per heavy atom. The Bertz CT molecular complexity index is 452. The summed E-state index contributed by atoms with van der Waals surface area (Å²) < 4.78 is 15.7. The van der Waals surface area contributed by atoms with Crippen LogP contribution in [0.5, 0.6) is 0 Å². The number of piperidine rings is 1. The minimum absolute atomic E-state index is 0.0346. The molecule has 1 saturated heterocycles. The summed E-state index contributed by atoms with van der Waals surface area (Å²) in [5.41, 5.74) is -0.575. The van der Waals surface area contributed by atoms with Gasteiger partial charge in [-0.25, -0.2) is 4.79 Å². The summed E-state index contributed by atoms with van der Waals surface area (Å²) in [6, 6.07) is 0. The van der Waals surface area contributed by atoms with Crippen LogP contribution in [0, 0.1) is 11.3 Å². The molecule has 0 aromatic heterocycles. The number of aliphatic hydroxyl groups excluding tert-OH is 1. The van der Waals surface area contributed by atoms with Gasteiger partial charge >= 0.3 is 12.3 Å². The Balaban J connectivity index is 2.77. The first-order valence-electron chi connectivity index (χ1n) is 7.10. The zero-order valence-corrected chi connectivity index (χ0v) is 13.5. The third kappa shape index (κ3) is 5.50. The molecule has 2 atom stereocenters. The summed E-state index contributed by atoms with van der Waals surface area (Å²) in [5.74, 6) is -0.461. The highest BCUT2D eigenvalue weighted by Gasteiger charge is 2.37. The molecule has 0 spiro atoms. The molecule has 1 N–H and O–H groups in total. The van der Waals surface area contributed by atoms with E-state index in [0.717, 1.165) is 6.20 Å². The van der Waals surface area contributed by atoms with Gasteiger partial charge < -0.3 is 24.2 Å². The molecule has 0 aromatic rings. The fourth-order valence-corrected chi connectivity index (χ4v) is 2.23. The van der Waals surface area contributed by atoms with E-state index in [1.54, 1.807) is 20.8 Å². The number of aliphatic hydroxyl groups is 1. The van der Waals surface area contributed by atoms with E-state index in [0.29, 0.717) is 13.0 Å². The maximum atomic E-state index is 12.1. The van der Waals surface area contributed by atoms with Crippen molar-refractivity contribution in [3.8, 4) is 0 Å². The van der Waals surface area contributed by atoms with Crippen molar-refractivity contribution in [3.63, 3.8) is 0 Å². The van der Waals surface area contributed by atoms with Crippen LogP contribution in [0.25, 0.3) is 4.98 Å². The van der Waals surface area contributed by atoms with Crippen molar-refractivity contribution in [2.45, 2.75) is 38.9 Å². The molecule has 0 unspecified atom stereocenters. The third-order valence-electron chi connectivity index (χ3n) is 3.18. The van der Waals surface area contributed by atoms with E-state index >= 15 is 0 Å². The number of likely N-dealkylation sites (tertiary alicyclic amines) is 1. The zero-order valence-electron chi connectivity index (χ0n) is 13.5. The van der Waals surface area contributed by atoms with Crippen LogP contribution >= 0.6 is 0 Å². The molecule has 0 saturated carbocycles. The van der Waals surface area contributed by atoms with Gasteiger partial charge in [0, 0.05) is 13.7 Å². The minimum Gasteiger partial charge on any atom is -0.505 e. The van der Waals surface area contributed by atoms with Crippen LogP contribution in [0.1, 0.15) is 27.2 Å². The molecule has 0 radical (unpaired) electrons. The van der Waals surface area contributed by atoms with Crippen molar-refractivity contribution >= 4 is 6.09 Å². The van der Waals surface area contributed by atoms with Crippen molar-refractivity contribution in [1.29, 1.82) is 5.39 Å². The lowest BCUT2D eigenvalue weighted by Gasteiger charge is -2.37. The molecule has 1 heterocycles. The van der Waals surface area contributed by atoms with Gasteiger partial charge in [-0.15, -0.1) is 0 Å². The van der Waals surface area contributed by atoms with Gasteiger partial charge in [-0.1, -0.05) is 0 Å². The molecule has 124 valence electrons. The number of carbonyl (C=O) groups is 1. The van der Waals surface area contributed by atoms with E-state index in [1.807, 2.05) is 0 Å². The van der Waals surface area contributed by atoms with Gasteiger partial charge in [-0.05, 0) is 27.2 Å². The maximum Gasteiger partial charge on any atom is 0.410 e. The molecular weight excluding hydrogens is 290 g/mol. The molecule has 0 aliphatic carbocycles. The predicted molar refractivity (Wildman–Crippen MR) is 78.5 cm³/mol. The normalized spacial score (nSPS) is 23.0. The van der Waals surface area contributed by atoms with Crippen molar-refractivity contribution in [1.82, 2.24) is 4.90 Å². The number of nitrogens with zero attached hydrogens (tertiary/aromatic N) is 3. The number of methoxy groups -OCH3 is 1. The Morgan fingerprint density at radius 2 is 2.18 bits per heavy atom. The van der Waals surface area contributed by atoms with Gasteiger partial charge in [0.05, 0.1) is 18.6 Å². The van der Waals surface area contributed by atoms with Gasteiger partial charge in [0.1, 0.15) is 12.4 Å². The second kappa shape index (κ2) is 7.96. The Kier molecular flexibility index (Phi) is 6.59. The highest BCUT2D eigenvalue weighted by Crippen LogP contribution is 2.27. The van der Waals surface area contributed by atoms with Crippen LogP contribution in [-0.2, 0) is 14.2 Å². The second-order valence-electron chi connectivity index (χ2n) is 6.10. The van der Waals surface area contributed by atoms with E-state index in [4.69, 9.17) is 19.6 Å². The third-order valence-corrected chi connectivity index (χ3v) is 3.18. The van der Waals surface area contributed by atoms with Crippen LogP contribution in [0.15, 0.2) is 12.0 Å². The molecule has 1 aliphatic rings. The quantitative estimate of drug-likeness (QED) is 0.486. The van der Waals surface area contributed by atoms with E-state index in [2.05, 4.69) is 4.98 Å². The number of carbonyl (C=O) groups excluding carboxylic acids is 1. The number of ether oxygens (including phenoxy) is 3. The van der Waals surface area contributed by atoms with Gasteiger partial charge in [-0.2, -0.15) is 0 Å². The van der Waals surface area contributed by atoms with Crippen molar-refractivity contribution in [2.75, 3.05) is 27.0 Å². The molecular formula is C14H24N3O5+. The standard InChI is InChI=1S/C14H23N3O5/c1-14(2,3)22-13(19)17-6-5-10(11(18)7-16-15)12(8-17)21-9-20-4/h7,10,12H,5-6,8-9H2,1-4H3/p+1/b11-7-/t10-,12-/m0/s1. The summed E-state index contributed by atoms with van der Waals surface area (Å²) in [6.45, 7) is 6.10. The van der Waals surface area contributed by atoms with Gasteiger partial charge in [0.15, 0.2) is 10.7 Å². The minimum atomic E-state index is -0.575. The Morgan fingerprint density at radius 1 is 1.50 bits per heavy atom. The lowest BCUT2D eigenvalue weighted by atomic mass is 9.92. The summed E-state index contributed by atoms with van der Waals surface area (Å²) in [4.78, 5) is 16.5. The van der Waals surface area contributed by atoms with Crippen LogP contribution in [0.3, 0.4) is 0 Å². The number of hydrogen-bond acceptors (Lipinski definition) is 6. The molecule has 8 nitrogen and oxygen atoms in total. The summed E-state index contributed by atoms with van der Waals surface area (Å²) >= 11 is 0. The maximum absolute atomic E-state index is 12.1. The molecule has 1 amide bonds. The van der Waals surface area contributed by atoms with Gasteiger partial charge in [0.25, 0.3) is 0 Å². The lowest BCUT2D eigenvalue weighted by molar-refractivity contribution is -0.111. The van der Waals surface area contributed by atoms with Crippen molar-refractivity contribution in [3.05, 3.63) is 16.9 Å². The first-order chi connectivity index (χ1) is 10.3. The molecule has 1 aliphatic heterocycles. The fraction of sp³-hybridized carbons (Fsp3) is 0.786. The fourth-order valence-electron chi connectivity index (χ4n) is 2.23. The topological polar surface area (TPSA) is 96.4 Å². The number of amides is 1. The summed E-state index contributed by atoms with van der Waals surface area (Å²) in [7, 11) is 1.49. The monoisotopic (exact) mass is 314 g/mol. The average molecular weight is 314 g/mol. The second-order valence-corrected chi connectivity index (χ2v) is 6.10. The number of rotatable bonds is 4. The highest BCUT2D eigenvalue weighted by atomic mass is 16.7. The number of hydrogen-bond donors (Lipinski definition) is 1. The van der Waals surface area contributed by atoms with Crippen LogP contribution in [0.4, 0.5) is 4.79 Å². The predicted octanol–water partition coefficient (Wildman–Crippen LogP) is 2.48. The van der Waals surface area contributed by atoms with E-state index in [-0.39, 0.29) is 25.0 Å². The zero-order chi connectivity index (χ0) is 16.8. The molecule has 22 heavy (non-hydrogen) atoms. The Hall–Kier alpha value is -1.85. The first-order valence-corrected chi connectivity index (χ1v) is 7.10. The van der Waals surface area contributed by atoms with Crippen molar-refractivity contribution in [2.24, 2.45) is 5.92 Å². The molecule has 0 aromatic carbocycles. The average Bonchev–Trinajstić information content (AvgIpc) is 2.43. The van der Waals surface area contributed by atoms with E-state index in [9.17, 15) is 9.90 Å². The van der Waals surface area contributed by atoms with E-state index in [1.165, 1.54) is 12.0 Å². The highest BCUT2D eigenvalue weighted by molar-refractivity contribution is 5.68. The van der Waals surface area contributed by atoms with Crippen LogP contribution in [-0.4, -0.2) is 54.8 Å². The van der Waals surface area contributed by atoms with Gasteiger partial charge in [0.2, 0.25) is 5.39 Å².